The molecular weight excluding hydrogens is 316 g/mol. The topological polar surface area (TPSA) is 47.6 Å². The monoisotopic (exact) mass is 335 g/mol. The molecule has 2 aromatic carbocycles. The van der Waals surface area contributed by atoms with Crippen LogP contribution in [0.4, 0.5) is 14.5 Å². The molecule has 6 heteroatoms. The minimum atomic E-state index is -2.96. The Balaban J connectivity index is 2.05. The number of para-hydroxylation sites is 2. The van der Waals surface area contributed by atoms with Gasteiger partial charge in [-0.2, -0.15) is 8.78 Å². The Labute approximate surface area is 139 Å². The summed E-state index contributed by atoms with van der Waals surface area (Å²) >= 11 is 0. The van der Waals surface area contributed by atoms with Crippen LogP contribution in [-0.4, -0.2) is 19.1 Å². The van der Waals surface area contributed by atoms with Crippen LogP contribution in [0.3, 0.4) is 0 Å². The van der Waals surface area contributed by atoms with Gasteiger partial charge in [0.1, 0.15) is 11.5 Å². The molecule has 1 amide bonds. The molecule has 0 aliphatic rings. The third-order valence-corrected chi connectivity index (χ3v) is 3.05. The fourth-order valence-electron chi connectivity index (χ4n) is 1.93. The predicted molar refractivity (Wildman–Crippen MR) is 87.8 cm³/mol. The summed E-state index contributed by atoms with van der Waals surface area (Å²) in [4.78, 5) is 12.2. The van der Waals surface area contributed by atoms with Gasteiger partial charge in [-0.05, 0) is 42.3 Å². The van der Waals surface area contributed by atoms with Gasteiger partial charge in [0.2, 0.25) is 0 Å². The molecule has 0 atom stereocenters. The smallest absolute Gasteiger partial charge is 0.387 e. The highest BCUT2D eigenvalue weighted by Gasteiger charge is 2.12. The first-order chi connectivity index (χ1) is 11.5. The third-order valence-electron chi connectivity index (χ3n) is 3.05. The number of rotatable bonds is 7. The number of alkyl halides is 2. The van der Waals surface area contributed by atoms with E-state index in [2.05, 4.69) is 10.1 Å². The second-order valence-electron chi connectivity index (χ2n) is 5.56. The molecule has 1 N–H and O–H groups in total. The van der Waals surface area contributed by atoms with Gasteiger partial charge < -0.3 is 14.8 Å². The minimum Gasteiger partial charge on any atom is -0.493 e. The van der Waals surface area contributed by atoms with Gasteiger partial charge in [-0.15, -0.1) is 0 Å². The Morgan fingerprint density at radius 3 is 2.38 bits per heavy atom. The van der Waals surface area contributed by atoms with Crippen LogP contribution < -0.4 is 14.8 Å². The molecule has 0 fully saturated rings. The lowest BCUT2D eigenvalue weighted by molar-refractivity contribution is -0.0493. The first-order valence-corrected chi connectivity index (χ1v) is 7.53. The largest absolute Gasteiger partial charge is 0.493 e. The molecule has 4 nitrogen and oxygen atoms in total. The molecule has 0 saturated carbocycles. The van der Waals surface area contributed by atoms with E-state index in [9.17, 15) is 13.6 Å². The van der Waals surface area contributed by atoms with Crippen LogP contribution in [0.1, 0.15) is 24.2 Å². The Bertz CT molecular complexity index is 672. The molecule has 0 heterocycles. The average Bonchev–Trinajstić information content (AvgIpc) is 2.54. The molecule has 0 aliphatic heterocycles. The molecule has 0 saturated heterocycles. The lowest BCUT2D eigenvalue weighted by Crippen LogP contribution is -2.14. The van der Waals surface area contributed by atoms with E-state index < -0.39 is 12.5 Å². The summed E-state index contributed by atoms with van der Waals surface area (Å²) in [7, 11) is 0. The fraction of sp³-hybridized carbons (Fsp3) is 0.278. The van der Waals surface area contributed by atoms with Crippen LogP contribution in [0.25, 0.3) is 0 Å². The van der Waals surface area contributed by atoms with Crippen LogP contribution in [0.2, 0.25) is 0 Å². The summed E-state index contributed by atoms with van der Waals surface area (Å²) in [6, 6.07) is 12.6. The fourth-order valence-corrected chi connectivity index (χ4v) is 1.93. The quantitative estimate of drug-likeness (QED) is 0.806. The van der Waals surface area contributed by atoms with E-state index in [4.69, 9.17) is 4.74 Å². The lowest BCUT2D eigenvalue weighted by atomic mass is 10.2. The summed E-state index contributed by atoms with van der Waals surface area (Å²) in [5, 5.41) is 2.56. The van der Waals surface area contributed by atoms with Gasteiger partial charge in [0.05, 0.1) is 12.3 Å². The highest BCUT2D eigenvalue weighted by Crippen LogP contribution is 2.26. The van der Waals surface area contributed by atoms with Gasteiger partial charge in [0.25, 0.3) is 5.91 Å². The van der Waals surface area contributed by atoms with E-state index in [-0.39, 0.29) is 11.4 Å². The number of ether oxygens (including phenoxy) is 2. The third kappa shape index (κ3) is 5.22. The first kappa shape index (κ1) is 17.7. The van der Waals surface area contributed by atoms with Crippen molar-refractivity contribution in [2.75, 3.05) is 11.9 Å². The number of hydrogen-bond acceptors (Lipinski definition) is 3. The molecular formula is C18H19F2NO3. The van der Waals surface area contributed by atoms with E-state index in [0.717, 1.165) is 0 Å². The normalized spacial score (nSPS) is 10.8. The zero-order valence-electron chi connectivity index (χ0n) is 13.5. The molecule has 2 aromatic rings. The van der Waals surface area contributed by atoms with E-state index in [0.29, 0.717) is 23.8 Å². The van der Waals surface area contributed by atoms with Gasteiger partial charge in [-0.3, -0.25) is 4.79 Å². The molecule has 0 spiro atoms. The van der Waals surface area contributed by atoms with Crippen molar-refractivity contribution in [3.63, 3.8) is 0 Å². The summed E-state index contributed by atoms with van der Waals surface area (Å²) in [5.41, 5.74) is 0.571. The van der Waals surface area contributed by atoms with E-state index in [1.165, 1.54) is 12.1 Å². The number of amides is 1. The maximum atomic E-state index is 12.4. The number of carbonyl (C=O) groups is 1. The lowest BCUT2D eigenvalue weighted by Gasteiger charge is -2.12. The zero-order valence-corrected chi connectivity index (χ0v) is 13.5. The van der Waals surface area contributed by atoms with E-state index in [1.807, 2.05) is 13.8 Å². The van der Waals surface area contributed by atoms with Gasteiger partial charge in [0.15, 0.2) is 0 Å². The Morgan fingerprint density at radius 1 is 1.08 bits per heavy atom. The standard InChI is InChI=1S/C18H19F2NO3/c1-12(2)11-23-14-9-7-13(8-10-14)17(22)21-15-5-3-4-6-16(15)24-18(19)20/h3-10,12,18H,11H2,1-2H3,(H,21,22). The molecule has 24 heavy (non-hydrogen) atoms. The maximum absolute atomic E-state index is 12.4. The average molecular weight is 335 g/mol. The maximum Gasteiger partial charge on any atom is 0.387 e. The van der Waals surface area contributed by atoms with Crippen LogP contribution >= 0.6 is 0 Å². The summed E-state index contributed by atoms with van der Waals surface area (Å²) < 4.78 is 34.7. The van der Waals surface area contributed by atoms with Gasteiger partial charge in [-0.25, -0.2) is 0 Å². The van der Waals surface area contributed by atoms with Crippen molar-refractivity contribution in [1.29, 1.82) is 0 Å². The number of halogens is 2. The van der Waals surface area contributed by atoms with Crippen LogP contribution in [0, 0.1) is 5.92 Å². The van der Waals surface area contributed by atoms with Crippen LogP contribution in [-0.2, 0) is 0 Å². The molecule has 0 bridgehead atoms. The number of anilines is 1. The number of carbonyl (C=O) groups excluding carboxylic acids is 1. The van der Waals surface area contributed by atoms with E-state index >= 15 is 0 Å². The summed E-state index contributed by atoms with van der Waals surface area (Å²) in [5.74, 6) is 0.564. The van der Waals surface area contributed by atoms with Crippen molar-refractivity contribution in [2.24, 2.45) is 5.92 Å². The first-order valence-electron chi connectivity index (χ1n) is 7.53. The van der Waals surface area contributed by atoms with Crippen LogP contribution in [0.15, 0.2) is 48.5 Å². The van der Waals surface area contributed by atoms with Crippen molar-refractivity contribution in [1.82, 2.24) is 0 Å². The number of nitrogens with one attached hydrogen (secondary N) is 1. The minimum absolute atomic E-state index is 0.0854. The van der Waals surface area contributed by atoms with Crippen molar-refractivity contribution < 1.29 is 23.0 Å². The van der Waals surface area contributed by atoms with Crippen molar-refractivity contribution in [3.8, 4) is 11.5 Å². The molecule has 0 unspecified atom stereocenters. The SMILES string of the molecule is CC(C)COc1ccc(C(=O)Nc2ccccc2OC(F)F)cc1. The predicted octanol–water partition coefficient (Wildman–Crippen LogP) is 4.58. The van der Waals surface area contributed by atoms with Crippen molar-refractivity contribution in [2.45, 2.75) is 20.5 Å². The Morgan fingerprint density at radius 2 is 1.75 bits per heavy atom. The zero-order chi connectivity index (χ0) is 17.5. The second kappa shape index (κ2) is 8.29. The molecule has 0 aliphatic carbocycles. The van der Waals surface area contributed by atoms with Gasteiger partial charge >= 0.3 is 6.61 Å². The molecule has 128 valence electrons. The van der Waals surface area contributed by atoms with Crippen LogP contribution in [0.5, 0.6) is 11.5 Å². The Kier molecular flexibility index (Phi) is 6.12. The highest BCUT2D eigenvalue weighted by atomic mass is 19.3. The molecule has 0 aromatic heterocycles. The number of hydrogen-bond donors (Lipinski definition) is 1. The second-order valence-corrected chi connectivity index (χ2v) is 5.56. The summed E-state index contributed by atoms with van der Waals surface area (Å²) in [6.07, 6.45) is 0. The van der Waals surface area contributed by atoms with Crippen molar-refractivity contribution in [3.05, 3.63) is 54.1 Å². The van der Waals surface area contributed by atoms with Crippen molar-refractivity contribution >= 4 is 11.6 Å². The number of benzene rings is 2. The molecule has 2 rings (SSSR count). The van der Waals surface area contributed by atoms with E-state index in [1.54, 1.807) is 36.4 Å². The van der Waals surface area contributed by atoms with Gasteiger partial charge in [-0.1, -0.05) is 26.0 Å². The molecule has 0 radical (unpaired) electrons. The Hall–Kier alpha value is -2.63. The summed E-state index contributed by atoms with van der Waals surface area (Å²) in [6.45, 7) is 1.71. The highest BCUT2D eigenvalue weighted by molar-refractivity contribution is 6.05. The van der Waals surface area contributed by atoms with Gasteiger partial charge in [0, 0.05) is 5.56 Å².